The summed E-state index contributed by atoms with van der Waals surface area (Å²) in [6.45, 7) is 1.01. The summed E-state index contributed by atoms with van der Waals surface area (Å²) in [5.74, 6) is -14.6. The Morgan fingerprint density at radius 2 is 1.05 bits per heavy atom. The number of hydrogen-bond acceptors (Lipinski definition) is 23. The zero-order valence-corrected chi connectivity index (χ0v) is 73.6. The number of aromatic hydroxyl groups is 1. The highest BCUT2D eigenvalue weighted by molar-refractivity contribution is 8.00. The van der Waals surface area contributed by atoms with Crippen LogP contribution in [-0.4, -0.2) is 306 Å². The third-order valence-corrected chi connectivity index (χ3v) is 23.5. The normalized spacial score (nSPS) is 16.2. The first kappa shape index (κ1) is 101. The number of aliphatic hydroxyl groups excluding tert-OH is 2. The number of para-hydroxylation sites is 2. The summed E-state index contributed by atoms with van der Waals surface area (Å²) in [5.41, 5.74) is 25.5. The van der Waals surface area contributed by atoms with E-state index in [1.807, 2.05) is 13.8 Å². The molecule has 3 aromatic heterocycles. The van der Waals surface area contributed by atoms with Gasteiger partial charge in [0.1, 0.15) is 78.3 Å². The number of H-pyrrole nitrogens is 3. The van der Waals surface area contributed by atoms with Crippen molar-refractivity contribution in [3.63, 3.8) is 0 Å². The quantitative estimate of drug-likeness (QED) is 0.00977. The number of benzene rings is 3. The Labute approximate surface area is 748 Å². The second-order valence-corrected chi connectivity index (χ2v) is 32.9. The predicted octanol–water partition coefficient (Wildman–Crippen LogP) is -4.23. The standard InChI is InChI=1S/C85H120N24O19S/c1-6-8-22-65(78(122)99-57(21-14-30-93-85(89)90)74(118)105-64(73(117)96-41-70(88)114)44-129-45-71(115)98-58(72(116)91-3)33-47-26-28-51(112)29-27-47)106(4)84(128)68(23-9-7-2)107(5)82(126)61(35-49-39-95-56-20-13-11-18-53(49)56)102-77(121)62(42-110)103-75(119)59(34-48-38-94-55-19-12-10-17-52(48)55)100-80(124)67-25-16-32-109(67)83(127)63(43-111)104-76(120)60(36-50-40-92-46-97-50)101-79(123)66-24-15-31-108(66)81(125)54(86)37-69(87)113/h10-13,17-20,26-29,38-40,46,54,57-68,94-95,110-112H,6-9,14-16,21-25,30-37,41-45,86H2,1-5H3,(H2,87,113)(H2,88,114)(H,91,116)(H,92,97)(H,96,117)(H,98,115)(H,99,122)(H,100,124)(H,101,123)(H,102,121)(H,103,119)(H,104,120)(H,105,118)(H4,89,90,93)/t54-,57-,58-,59-,60-,61-,62-,63-,64?,65-,66-,67-,68-/m0/s1. The van der Waals surface area contributed by atoms with Gasteiger partial charge in [-0.1, -0.05) is 88.1 Å². The molecule has 0 aliphatic carbocycles. The number of phenolic OH excluding ortho intramolecular Hbond substituents is 1. The molecule has 43 nitrogen and oxygen atoms in total. The third kappa shape index (κ3) is 29.1. The van der Waals surface area contributed by atoms with Crippen molar-refractivity contribution in [1.82, 2.24) is 98.0 Å². The van der Waals surface area contributed by atoms with Crippen molar-refractivity contribution >= 4 is 134 Å². The Hall–Kier alpha value is -13.2. The number of aromatic amines is 3. The van der Waals surface area contributed by atoms with Crippen LogP contribution in [0.25, 0.3) is 21.8 Å². The van der Waals surface area contributed by atoms with E-state index < -0.39 is 205 Å². The number of amides is 16. The number of hydrogen-bond donors (Lipinski definition) is 22. The molecule has 2 aliphatic rings. The number of aromatic nitrogens is 4. The van der Waals surface area contributed by atoms with Crippen LogP contribution in [0.1, 0.15) is 120 Å². The number of nitrogens with zero attached hydrogens (tertiary/aromatic N) is 5. The monoisotopic (exact) mass is 1810 g/mol. The Kier molecular flexibility index (Phi) is 39.0. The molecule has 44 heteroatoms. The fraction of sp³-hybridized carbons (Fsp3) is 0.506. The second-order valence-electron chi connectivity index (χ2n) is 31.9. The van der Waals surface area contributed by atoms with Gasteiger partial charge in [-0.2, -0.15) is 0 Å². The molecule has 26 N–H and O–H groups in total. The van der Waals surface area contributed by atoms with Crippen molar-refractivity contribution in [3.05, 3.63) is 120 Å². The van der Waals surface area contributed by atoms with E-state index >= 15 is 24.0 Å². The summed E-state index contributed by atoms with van der Waals surface area (Å²) in [4.78, 5) is 244. The Bertz CT molecular complexity index is 4920. The minimum atomic E-state index is -1.87. The average molecular weight is 1810 g/mol. The lowest BCUT2D eigenvalue weighted by Crippen LogP contribution is -2.62. The van der Waals surface area contributed by atoms with E-state index in [1.165, 1.54) is 50.7 Å². The number of carbonyl (C=O) groups excluding carboxylic acids is 16. The van der Waals surface area contributed by atoms with Crippen molar-refractivity contribution in [1.29, 1.82) is 5.41 Å². The summed E-state index contributed by atoms with van der Waals surface area (Å²) in [6, 6.07) is 1.35. The van der Waals surface area contributed by atoms with Gasteiger partial charge in [0.2, 0.25) is 94.5 Å². The largest absolute Gasteiger partial charge is 0.508 e. The number of carbonyl (C=O) groups is 16. The molecule has 2 saturated heterocycles. The molecule has 700 valence electrons. The van der Waals surface area contributed by atoms with Crippen molar-refractivity contribution in [2.45, 2.75) is 202 Å². The summed E-state index contributed by atoms with van der Waals surface area (Å²) < 4.78 is 0. The van der Waals surface area contributed by atoms with Crippen molar-refractivity contribution in [3.8, 4) is 5.75 Å². The smallest absolute Gasteiger partial charge is 0.248 e. The van der Waals surface area contributed by atoms with Gasteiger partial charge in [0, 0.05) is 118 Å². The topological polar surface area (TPSA) is 667 Å². The van der Waals surface area contributed by atoms with Crippen LogP contribution >= 0.6 is 11.8 Å². The number of likely N-dealkylation sites (tertiary alicyclic amines) is 2. The Morgan fingerprint density at radius 1 is 0.543 bits per heavy atom. The number of nitrogens with one attached hydrogen (secondary N) is 15. The molecule has 5 heterocycles. The number of aliphatic hydroxyl groups is 2. The van der Waals surface area contributed by atoms with Crippen LogP contribution in [-0.2, 0) is 102 Å². The van der Waals surface area contributed by atoms with E-state index in [-0.39, 0.29) is 108 Å². The van der Waals surface area contributed by atoms with E-state index in [4.69, 9.17) is 28.3 Å². The van der Waals surface area contributed by atoms with E-state index in [9.17, 15) is 68.1 Å². The van der Waals surface area contributed by atoms with Crippen molar-refractivity contribution in [2.24, 2.45) is 22.9 Å². The maximum absolute atomic E-state index is 15.7. The van der Waals surface area contributed by atoms with Crippen LogP contribution in [0.3, 0.4) is 0 Å². The first-order valence-corrected chi connectivity index (χ1v) is 43.9. The molecule has 13 atom stereocenters. The third-order valence-electron chi connectivity index (χ3n) is 22.4. The lowest BCUT2D eigenvalue weighted by Gasteiger charge is -2.36. The Morgan fingerprint density at radius 3 is 1.60 bits per heavy atom. The van der Waals surface area contributed by atoms with E-state index in [1.54, 1.807) is 73.1 Å². The SMILES string of the molecule is CCCC[C@@H](C(=O)N(C)[C@@H](CCCC)C(=O)N[C@@H](CCCNC(=N)N)C(=O)NC(CSCC(=O)N[C@@H](Cc1ccc(O)cc1)C(=O)NC)C(=O)NCC(N)=O)N(C)C(=O)[C@H](Cc1c[nH]c2ccccc12)NC(=O)[C@H](CO)NC(=O)[C@H](Cc1c[nH]c2ccccc12)NC(=O)[C@@H]1CCCN1C(=O)[C@H](CO)NC(=O)[C@H](Cc1cnc[nH]1)NC(=O)[C@@H]1CCCN1C(=O)[C@@H](N)CC(N)=O. The summed E-state index contributed by atoms with van der Waals surface area (Å²) >= 11 is 0.875. The van der Waals surface area contributed by atoms with Crippen molar-refractivity contribution < 1.29 is 92.0 Å². The molecule has 2 aliphatic heterocycles. The van der Waals surface area contributed by atoms with Crippen LogP contribution in [0.15, 0.2) is 97.7 Å². The molecule has 2 fully saturated rings. The molecule has 16 amide bonds. The number of guanidine groups is 1. The number of phenols is 1. The van der Waals surface area contributed by atoms with Gasteiger partial charge in [0.05, 0.1) is 44.3 Å². The zero-order chi connectivity index (χ0) is 94.1. The number of imidazole rings is 1. The number of likely N-dealkylation sites (N-methyl/N-ethyl adjacent to an activating group) is 3. The number of thioether (sulfide) groups is 1. The van der Waals surface area contributed by atoms with E-state index in [2.05, 4.69) is 78.4 Å². The molecular formula is C85H120N24O19S. The minimum absolute atomic E-state index is 0.00405. The highest BCUT2D eigenvalue weighted by Gasteiger charge is 2.44. The van der Waals surface area contributed by atoms with Gasteiger partial charge < -0.3 is 131 Å². The van der Waals surface area contributed by atoms with Crippen LogP contribution in [0, 0.1) is 5.41 Å². The second kappa shape index (κ2) is 49.8. The number of primary amides is 2. The van der Waals surface area contributed by atoms with Gasteiger partial charge in [-0.3, -0.25) is 82.1 Å². The van der Waals surface area contributed by atoms with Gasteiger partial charge in [-0.25, -0.2) is 4.98 Å². The summed E-state index contributed by atoms with van der Waals surface area (Å²) in [7, 11) is 4.09. The van der Waals surface area contributed by atoms with Crippen LogP contribution in [0.4, 0.5) is 0 Å². The molecular weight excluding hydrogens is 1690 g/mol. The highest BCUT2D eigenvalue weighted by Crippen LogP contribution is 2.27. The number of nitrogens with two attached hydrogens (primary N) is 4. The lowest BCUT2D eigenvalue weighted by molar-refractivity contribution is -0.149. The molecule has 3 aromatic carbocycles. The van der Waals surface area contributed by atoms with Gasteiger partial charge in [-0.15, -0.1) is 11.8 Å². The van der Waals surface area contributed by atoms with Crippen LogP contribution < -0.4 is 81.4 Å². The molecule has 0 radical (unpaired) electrons. The summed E-state index contributed by atoms with van der Waals surface area (Å²) in [6.07, 6.45) is 7.19. The van der Waals surface area contributed by atoms with Crippen LogP contribution in [0.2, 0.25) is 0 Å². The molecule has 8 rings (SSSR count). The highest BCUT2D eigenvalue weighted by atomic mass is 32.2. The minimum Gasteiger partial charge on any atom is -0.508 e. The Balaban J connectivity index is 1.01. The maximum atomic E-state index is 15.7. The van der Waals surface area contributed by atoms with Crippen molar-refractivity contribution in [2.75, 3.05) is 72.0 Å². The van der Waals surface area contributed by atoms with E-state index in [0.717, 1.165) is 26.5 Å². The van der Waals surface area contributed by atoms with Crippen LogP contribution in [0.5, 0.6) is 5.75 Å². The predicted molar refractivity (Wildman–Crippen MR) is 474 cm³/mol. The number of unbranched alkanes of at least 4 members (excludes halogenated alkanes) is 2. The van der Waals surface area contributed by atoms with Gasteiger partial charge in [0.25, 0.3) is 0 Å². The fourth-order valence-corrected chi connectivity index (χ4v) is 16.3. The molecule has 6 aromatic rings. The molecule has 129 heavy (non-hydrogen) atoms. The van der Waals surface area contributed by atoms with Gasteiger partial charge in [0.15, 0.2) is 5.96 Å². The van der Waals surface area contributed by atoms with Gasteiger partial charge >= 0.3 is 0 Å². The number of fused-ring (bicyclic) bond motifs is 2. The van der Waals surface area contributed by atoms with Gasteiger partial charge in [-0.05, 0) is 92.3 Å². The molecule has 0 spiro atoms. The molecule has 0 bridgehead atoms. The lowest BCUT2D eigenvalue weighted by atomic mass is 10.00. The first-order valence-electron chi connectivity index (χ1n) is 42.8. The van der Waals surface area contributed by atoms with E-state index in [0.29, 0.717) is 76.3 Å². The number of rotatable bonds is 51. The molecule has 1 unspecified atom stereocenters. The molecule has 0 saturated carbocycles. The average Bonchev–Trinajstić information content (AvgIpc) is 1.72. The zero-order valence-electron chi connectivity index (χ0n) is 72.7. The maximum Gasteiger partial charge on any atom is 0.248 e. The summed E-state index contributed by atoms with van der Waals surface area (Å²) in [5, 5.41) is 69.6. The first-order chi connectivity index (χ1) is 61.7. The fourth-order valence-electron chi connectivity index (χ4n) is 15.5.